The van der Waals surface area contributed by atoms with Crippen molar-refractivity contribution in [3.8, 4) is 0 Å². The van der Waals surface area contributed by atoms with Crippen molar-refractivity contribution < 1.29 is 13.2 Å². The smallest absolute Gasteiger partial charge is 0.260 e. The number of imidazole rings is 1. The van der Waals surface area contributed by atoms with Crippen LogP contribution in [0.1, 0.15) is 13.8 Å². The van der Waals surface area contributed by atoms with Crippen LogP contribution in [-0.4, -0.2) is 44.1 Å². The fourth-order valence-electron chi connectivity index (χ4n) is 1.93. The van der Waals surface area contributed by atoms with Gasteiger partial charge in [-0.25, -0.2) is 18.1 Å². The average Bonchev–Trinajstić information content (AvgIpc) is 2.82. The number of sulfonamides is 1. The van der Waals surface area contributed by atoms with Gasteiger partial charge in [-0.15, -0.1) is 0 Å². The molecule has 0 aliphatic heterocycles. The zero-order valence-corrected chi connectivity index (χ0v) is 13.1. The predicted molar refractivity (Wildman–Crippen MR) is 81.0 cm³/mol. The first-order valence-corrected chi connectivity index (χ1v) is 8.20. The molecule has 116 valence electrons. The summed E-state index contributed by atoms with van der Waals surface area (Å²) in [5.41, 5.74) is 0.570. The average molecular weight is 312 g/mol. The van der Waals surface area contributed by atoms with Crippen LogP contribution in [0.3, 0.4) is 0 Å². The van der Waals surface area contributed by atoms with Crippen LogP contribution in [0, 0.1) is 0 Å². The molecule has 2 N–H and O–H groups in total. The van der Waals surface area contributed by atoms with E-state index in [2.05, 4.69) is 15.0 Å². The Balaban J connectivity index is 2.27. The van der Waals surface area contributed by atoms with Gasteiger partial charge in [-0.1, -0.05) is 6.07 Å². The SMILES string of the molecule is CNc1nc2ccccn2c1S(=O)(=O)NCCOC(C)C. The Morgan fingerprint density at radius 3 is 2.81 bits per heavy atom. The number of pyridine rings is 1. The van der Waals surface area contributed by atoms with Crippen molar-refractivity contribution in [1.29, 1.82) is 0 Å². The minimum absolute atomic E-state index is 0.0678. The van der Waals surface area contributed by atoms with Crippen LogP contribution < -0.4 is 10.0 Å². The molecule has 0 bridgehead atoms. The molecule has 0 aliphatic carbocycles. The molecular weight excluding hydrogens is 292 g/mol. The Labute approximate surface area is 124 Å². The number of fused-ring (bicyclic) bond motifs is 1. The topological polar surface area (TPSA) is 84.7 Å². The van der Waals surface area contributed by atoms with Gasteiger partial charge < -0.3 is 10.1 Å². The van der Waals surface area contributed by atoms with Crippen LogP contribution in [0.5, 0.6) is 0 Å². The molecule has 2 rings (SSSR count). The van der Waals surface area contributed by atoms with Crippen LogP contribution in [0.2, 0.25) is 0 Å². The maximum atomic E-state index is 12.5. The van der Waals surface area contributed by atoms with Crippen molar-refractivity contribution >= 4 is 21.5 Å². The molecule has 7 nitrogen and oxygen atoms in total. The number of rotatable bonds is 7. The molecule has 21 heavy (non-hydrogen) atoms. The summed E-state index contributed by atoms with van der Waals surface area (Å²) in [6.07, 6.45) is 1.74. The van der Waals surface area contributed by atoms with Gasteiger partial charge >= 0.3 is 0 Å². The molecule has 0 saturated heterocycles. The molecule has 0 unspecified atom stereocenters. The number of hydrogen-bond donors (Lipinski definition) is 2. The number of ether oxygens (including phenoxy) is 1. The standard InChI is InChI=1S/C13H20N4O3S/c1-10(2)20-9-7-15-21(18,19)13-12(14-3)16-11-6-4-5-8-17(11)13/h4-6,8,10,14-15H,7,9H2,1-3H3. The van der Waals surface area contributed by atoms with E-state index in [-0.39, 0.29) is 17.7 Å². The third-order valence-electron chi connectivity index (χ3n) is 2.82. The molecule has 2 aromatic rings. The predicted octanol–water partition coefficient (Wildman–Crippen LogP) is 1.08. The van der Waals surface area contributed by atoms with E-state index in [0.717, 1.165) is 0 Å². The molecule has 0 aliphatic rings. The second-order valence-electron chi connectivity index (χ2n) is 4.76. The maximum absolute atomic E-state index is 12.5. The number of aromatic nitrogens is 2. The molecule has 2 heterocycles. The lowest BCUT2D eigenvalue weighted by atomic mass is 10.5. The van der Waals surface area contributed by atoms with Crippen molar-refractivity contribution in [2.24, 2.45) is 0 Å². The van der Waals surface area contributed by atoms with E-state index in [9.17, 15) is 8.42 Å². The highest BCUT2D eigenvalue weighted by atomic mass is 32.2. The molecule has 0 amide bonds. The highest BCUT2D eigenvalue weighted by Crippen LogP contribution is 2.21. The zero-order valence-electron chi connectivity index (χ0n) is 12.3. The first kappa shape index (κ1) is 15.7. The first-order valence-electron chi connectivity index (χ1n) is 6.72. The van der Waals surface area contributed by atoms with Crippen molar-refractivity contribution in [3.63, 3.8) is 0 Å². The second-order valence-corrected chi connectivity index (χ2v) is 6.44. The quantitative estimate of drug-likeness (QED) is 0.747. The van der Waals surface area contributed by atoms with Gasteiger partial charge in [-0.2, -0.15) is 0 Å². The molecular formula is C13H20N4O3S. The van der Waals surface area contributed by atoms with Gasteiger partial charge in [0, 0.05) is 19.8 Å². The van der Waals surface area contributed by atoms with Crippen LogP contribution in [0.15, 0.2) is 29.4 Å². The van der Waals surface area contributed by atoms with E-state index in [4.69, 9.17) is 4.74 Å². The summed E-state index contributed by atoms with van der Waals surface area (Å²) in [5.74, 6) is 0.318. The largest absolute Gasteiger partial charge is 0.377 e. The summed E-state index contributed by atoms with van der Waals surface area (Å²) in [6, 6.07) is 5.32. The Kier molecular flexibility index (Phi) is 4.81. The van der Waals surface area contributed by atoms with Crippen molar-refractivity contribution in [3.05, 3.63) is 24.4 Å². The van der Waals surface area contributed by atoms with E-state index in [1.807, 2.05) is 19.9 Å². The lowest BCUT2D eigenvalue weighted by Gasteiger charge is -2.10. The van der Waals surface area contributed by atoms with E-state index in [1.165, 1.54) is 4.40 Å². The number of nitrogens with zero attached hydrogens (tertiary/aromatic N) is 2. The summed E-state index contributed by atoms with van der Waals surface area (Å²) in [4.78, 5) is 4.26. The number of nitrogens with one attached hydrogen (secondary N) is 2. The Hall–Kier alpha value is -1.64. The minimum atomic E-state index is -3.68. The third-order valence-corrected chi connectivity index (χ3v) is 4.31. The lowest BCUT2D eigenvalue weighted by Crippen LogP contribution is -2.29. The number of anilines is 1. The lowest BCUT2D eigenvalue weighted by molar-refractivity contribution is 0.0834. The van der Waals surface area contributed by atoms with Crippen molar-refractivity contribution in [2.45, 2.75) is 25.0 Å². The fraction of sp³-hybridized carbons (Fsp3) is 0.462. The monoisotopic (exact) mass is 312 g/mol. The summed E-state index contributed by atoms with van der Waals surface area (Å²) in [5, 5.41) is 2.92. The van der Waals surface area contributed by atoms with Gasteiger partial charge in [0.2, 0.25) is 0 Å². The molecule has 0 aromatic carbocycles. The Bertz CT molecular complexity index is 709. The normalized spacial score (nSPS) is 12.2. The highest BCUT2D eigenvalue weighted by molar-refractivity contribution is 7.89. The highest BCUT2D eigenvalue weighted by Gasteiger charge is 2.24. The van der Waals surface area contributed by atoms with E-state index >= 15 is 0 Å². The molecule has 0 spiro atoms. The van der Waals surface area contributed by atoms with Gasteiger partial charge in [-0.3, -0.25) is 4.40 Å². The Morgan fingerprint density at radius 1 is 1.38 bits per heavy atom. The van der Waals surface area contributed by atoms with Crippen LogP contribution >= 0.6 is 0 Å². The van der Waals surface area contributed by atoms with Crippen molar-refractivity contribution in [1.82, 2.24) is 14.1 Å². The van der Waals surface area contributed by atoms with Gasteiger partial charge in [0.1, 0.15) is 5.65 Å². The molecule has 0 saturated carbocycles. The zero-order chi connectivity index (χ0) is 15.5. The third kappa shape index (κ3) is 3.52. The molecule has 8 heteroatoms. The molecule has 0 radical (unpaired) electrons. The van der Waals surface area contributed by atoms with Gasteiger partial charge in [-0.05, 0) is 26.0 Å². The molecule has 0 fully saturated rings. The summed E-state index contributed by atoms with van der Waals surface area (Å²) in [6.45, 7) is 4.34. The summed E-state index contributed by atoms with van der Waals surface area (Å²) in [7, 11) is -2.03. The van der Waals surface area contributed by atoms with Crippen molar-refractivity contribution in [2.75, 3.05) is 25.5 Å². The van der Waals surface area contributed by atoms with Gasteiger partial charge in [0.05, 0.1) is 12.7 Å². The van der Waals surface area contributed by atoms with Gasteiger partial charge in [0.15, 0.2) is 10.8 Å². The Morgan fingerprint density at radius 2 is 2.14 bits per heavy atom. The number of hydrogen-bond acceptors (Lipinski definition) is 5. The molecule has 0 atom stereocenters. The first-order chi connectivity index (χ1) is 9.95. The van der Waals surface area contributed by atoms with E-state index in [0.29, 0.717) is 18.1 Å². The van der Waals surface area contributed by atoms with E-state index < -0.39 is 10.0 Å². The van der Waals surface area contributed by atoms with Crippen LogP contribution in [0.25, 0.3) is 5.65 Å². The van der Waals surface area contributed by atoms with Crippen LogP contribution in [0.4, 0.5) is 5.82 Å². The fourth-order valence-corrected chi connectivity index (χ4v) is 3.24. The van der Waals surface area contributed by atoms with E-state index in [1.54, 1.807) is 25.4 Å². The van der Waals surface area contributed by atoms with Crippen LogP contribution in [-0.2, 0) is 14.8 Å². The second kappa shape index (κ2) is 6.42. The molecule has 2 aromatic heterocycles. The summed E-state index contributed by atoms with van der Waals surface area (Å²) < 4.78 is 34.3. The minimum Gasteiger partial charge on any atom is -0.377 e. The maximum Gasteiger partial charge on any atom is 0.260 e. The summed E-state index contributed by atoms with van der Waals surface area (Å²) >= 11 is 0. The van der Waals surface area contributed by atoms with Gasteiger partial charge in [0.25, 0.3) is 10.0 Å².